The van der Waals surface area contributed by atoms with Crippen molar-refractivity contribution in [2.24, 2.45) is 5.16 Å². The fraction of sp³-hybridized carbons (Fsp3) is 0.933. The van der Waals surface area contributed by atoms with Gasteiger partial charge in [0.25, 0.3) is 0 Å². The molecule has 0 rings (SSSR count). The maximum Gasteiger partial charge on any atom is 0.184 e. The Hall–Kier alpha value is 0.000649. The molecule has 0 aliphatic carbocycles. The van der Waals surface area contributed by atoms with Gasteiger partial charge in [0.15, 0.2) is 25.0 Å². The van der Waals surface area contributed by atoms with Crippen LogP contribution in [0, 0.1) is 0 Å². The van der Waals surface area contributed by atoms with Gasteiger partial charge in [-0.3, -0.25) is 0 Å². The minimum atomic E-state index is -1.74. The van der Waals surface area contributed by atoms with Crippen molar-refractivity contribution in [2.75, 3.05) is 19.8 Å². The first-order valence-electron chi connectivity index (χ1n) is 8.38. The van der Waals surface area contributed by atoms with Gasteiger partial charge in [0, 0.05) is 0 Å². The summed E-state index contributed by atoms with van der Waals surface area (Å²) in [4.78, 5) is 5.30. The lowest BCUT2D eigenvalue weighted by atomic mass is 10.2. The summed E-state index contributed by atoms with van der Waals surface area (Å²) in [6.07, 6.45) is -0.198. The molecular weight excluding hydrogens is 342 g/mol. The van der Waals surface area contributed by atoms with Crippen LogP contribution in [0.2, 0.25) is 58.9 Å². The summed E-state index contributed by atoms with van der Waals surface area (Å²) >= 11 is 0. The van der Waals surface area contributed by atoms with Crippen molar-refractivity contribution in [1.82, 2.24) is 0 Å². The number of hydrogen-bond donors (Lipinski definition) is 0. The van der Waals surface area contributed by atoms with Crippen LogP contribution in [0.3, 0.4) is 0 Å². The Kier molecular flexibility index (Phi) is 9.48. The quantitative estimate of drug-likeness (QED) is 0.305. The molecule has 5 nitrogen and oxygen atoms in total. The fourth-order valence-corrected chi connectivity index (χ4v) is 3.86. The average molecular weight is 380 g/mol. The van der Waals surface area contributed by atoms with Gasteiger partial charge in [-0.15, -0.1) is 0 Å². The second-order valence-electron chi connectivity index (χ2n) is 8.54. The summed E-state index contributed by atoms with van der Waals surface area (Å²) in [5.74, 6) is 0. The zero-order valence-corrected chi connectivity index (χ0v) is 19.8. The molecule has 1 unspecified atom stereocenters. The van der Waals surface area contributed by atoms with E-state index in [2.05, 4.69) is 64.1 Å². The highest BCUT2D eigenvalue weighted by Gasteiger charge is 2.29. The minimum absolute atomic E-state index is 0.198. The van der Waals surface area contributed by atoms with Gasteiger partial charge < -0.3 is 18.1 Å². The summed E-state index contributed by atoms with van der Waals surface area (Å²) in [7, 11) is -5.00. The molecule has 0 saturated heterocycles. The van der Waals surface area contributed by atoms with E-state index < -0.39 is 25.0 Å². The molecule has 23 heavy (non-hydrogen) atoms. The highest BCUT2D eigenvalue weighted by atomic mass is 28.4. The predicted molar refractivity (Wildman–Crippen MR) is 106 cm³/mol. The SMILES string of the molecule is CCO/N=C(\CO[Si](C)(C)C)C(CO[Si](C)(C)C)O[Si](C)(C)C. The zero-order valence-electron chi connectivity index (χ0n) is 16.8. The maximum atomic E-state index is 6.32. The third kappa shape index (κ3) is 14.1. The van der Waals surface area contributed by atoms with Crippen LogP contribution < -0.4 is 0 Å². The Bertz CT molecular complexity index is 370. The van der Waals surface area contributed by atoms with Gasteiger partial charge in [0.1, 0.15) is 18.4 Å². The summed E-state index contributed by atoms with van der Waals surface area (Å²) in [6, 6.07) is 0. The number of hydrogen-bond acceptors (Lipinski definition) is 5. The Morgan fingerprint density at radius 2 is 1.35 bits per heavy atom. The molecule has 0 aromatic carbocycles. The third-order valence-corrected chi connectivity index (χ3v) is 5.53. The van der Waals surface area contributed by atoms with E-state index in [-0.39, 0.29) is 6.10 Å². The molecule has 0 bridgehead atoms. The molecule has 0 radical (unpaired) electrons. The fourth-order valence-electron chi connectivity index (χ4n) is 1.57. The van der Waals surface area contributed by atoms with Crippen LogP contribution in [0.5, 0.6) is 0 Å². The maximum absolute atomic E-state index is 6.32. The van der Waals surface area contributed by atoms with Crippen molar-refractivity contribution in [3.05, 3.63) is 0 Å². The van der Waals surface area contributed by atoms with E-state index in [1.807, 2.05) is 6.92 Å². The van der Waals surface area contributed by atoms with Crippen LogP contribution in [0.1, 0.15) is 6.92 Å². The topological polar surface area (TPSA) is 49.3 Å². The largest absolute Gasteiger partial charge is 0.415 e. The van der Waals surface area contributed by atoms with Gasteiger partial charge in [-0.05, 0) is 65.8 Å². The smallest absolute Gasteiger partial charge is 0.184 e. The molecule has 138 valence electrons. The predicted octanol–water partition coefficient (Wildman–Crippen LogP) is 4.30. The molecule has 0 fully saturated rings. The number of nitrogens with zero attached hydrogens (tertiary/aromatic N) is 1. The molecule has 0 N–H and O–H groups in total. The first kappa shape index (κ1) is 23.0. The lowest BCUT2D eigenvalue weighted by molar-refractivity contribution is 0.133. The number of oxime groups is 1. The lowest BCUT2D eigenvalue weighted by Gasteiger charge is -2.30. The molecule has 0 saturated carbocycles. The zero-order chi connectivity index (χ0) is 18.3. The van der Waals surface area contributed by atoms with E-state index in [0.717, 1.165) is 5.71 Å². The Morgan fingerprint density at radius 3 is 1.74 bits per heavy atom. The van der Waals surface area contributed by atoms with E-state index in [1.54, 1.807) is 0 Å². The van der Waals surface area contributed by atoms with E-state index in [4.69, 9.17) is 18.1 Å². The van der Waals surface area contributed by atoms with Crippen molar-refractivity contribution in [3.63, 3.8) is 0 Å². The molecule has 0 aliphatic rings. The van der Waals surface area contributed by atoms with E-state index >= 15 is 0 Å². The van der Waals surface area contributed by atoms with Crippen molar-refractivity contribution in [2.45, 2.75) is 72.0 Å². The molecule has 0 aliphatic heterocycles. The van der Waals surface area contributed by atoms with Crippen LogP contribution >= 0.6 is 0 Å². The summed E-state index contributed by atoms with van der Waals surface area (Å²) in [5.41, 5.74) is 0.801. The molecular formula is C15H37NO4Si3. The molecule has 0 spiro atoms. The molecule has 1 atom stereocenters. The third-order valence-electron chi connectivity index (χ3n) is 2.50. The van der Waals surface area contributed by atoms with Gasteiger partial charge in [0.05, 0.1) is 13.2 Å². The molecule has 0 aromatic rings. The average Bonchev–Trinajstić information content (AvgIpc) is 2.31. The van der Waals surface area contributed by atoms with Crippen LogP contribution in [-0.2, 0) is 18.1 Å². The van der Waals surface area contributed by atoms with Crippen molar-refractivity contribution < 1.29 is 18.1 Å². The summed E-state index contributed by atoms with van der Waals surface area (Å²) in [5, 5.41) is 4.28. The van der Waals surface area contributed by atoms with E-state index in [0.29, 0.717) is 19.8 Å². The van der Waals surface area contributed by atoms with Crippen molar-refractivity contribution >= 4 is 30.7 Å². The van der Waals surface area contributed by atoms with Gasteiger partial charge in [0.2, 0.25) is 0 Å². The van der Waals surface area contributed by atoms with Crippen LogP contribution in [-0.4, -0.2) is 56.6 Å². The van der Waals surface area contributed by atoms with E-state index in [9.17, 15) is 0 Å². The van der Waals surface area contributed by atoms with Gasteiger partial charge >= 0.3 is 0 Å². The molecule has 0 aromatic heterocycles. The van der Waals surface area contributed by atoms with E-state index in [1.165, 1.54) is 0 Å². The van der Waals surface area contributed by atoms with Gasteiger partial charge in [-0.1, -0.05) is 5.16 Å². The van der Waals surface area contributed by atoms with Crippen LogP contribution in [0.4, 0.5) is 0 Å². The van der Waals surface area contributed by atoms with Crippen LogP contribution in [0.15, 0.2) is 5.16 Å². The summed E-state index contributed by atoms with van der Waals surface area (Å²) < 4.78 is 18.4. The Morgan fingerprint density at radius 1 is 0.826 bits per heavy atom. The Balaban J connectivity index is 5.18. The van der Waals surface area contributed by atoms with Crippen molar-refractivity contribution in [3.8, 4) is 0 Å². The van der Waals surface area contributed by atoms with Gasteiger partial charge in [-0.25, -0.2) is 0 Å². The molecule has 0 heterocycles. The van der Waals surface area contributed by atoms with Crippen molar-refractivity contribution in [1.29, 1.82) is 0 Å². The number of rotatable bonds is 11. The first-order valence-corrected chi connectivity index (χ1v) is 18.6. The highest BCUT2D eigenvalue weighted by Crippen LogP contribution is 2.14. The second kappa shape index (κ2) is 9.48. The monoisotopic (exact) mass is 379 g/mol. The second-order valence-corrected chi connectivity index (χ2v) is 22.0. The minimum Gasteiger partial charge on any atom is -0.415 e. The summed E-state index contributed by atoms with van der Waals surface area (Å²) in [6.45, 7) is 23.0. The Labute approximate surface area is 146 Å². The normalized spacial score (nSPS) is 15.7. The highest BCUT2D eigenvalue weighted by molar-refractivity contribution is 6.70. The molecule has 0 amide bonds. The first-order chi connectivity index (χ1) is 10.2. The standard InChI is InChI=1S/C15H37NO4Si3/c1-11-17-16-14(12-18-21(2,3)4)15(20-23(8,9)10)13-19-22(5,6)7/h15H,11-13H2,1-10H3/b16-14+. The lowest BCUT2D eigenvalue weighted by Crippen LogP contribution is -2.44. The molecule has 8 heteroatoms. The van der Waals surface area contributed by atoms with Gasteiger partial charge in [-0.2, -0.15) is 0 Å². The van der Waals surface area contributed by atoms with Crippen LogP contribution in [0.25, 0.3) is 0 Å².